The van der Waals surface area contributed by atoms with E-state index in [1.54, 1.807) is 30.5 Å². The molecule has 1 aromatic carbocycles. The van der Waals surface area contributed by atoms with Crippen molar-refractivity contribution in [3.05, 3.63) is 86.5 Å². The molecule has 0 aliphatic rings. The molecule has 27 heavy (non-hydrogen) atoms. The average Bonchev–Trinajstić information content (AvgIpc) is 3.38. The largest absolute Gasteiger partial charge is 0.467 e. The van der Waals surface area contributed by atoms with E-state index in [4.69, 9.17) is 9.40 Å². The molecule has 0 unspecified atom stereocenters. The number of aromatic nitrogens is 2. The lowest BCUT2D eigenvalue weighted by molar-refractivity contribution is 0.490. The van der Waals surface area contributed by atoms with Gasteiger partial charge in [-0.25, -0.2) is 4.98 Å². The van der Waals surface area contributed by atoms with Crippen LogP contribution in [-0.2, 0) is 6.54 Å². The standard InChI is InChI=1S/C20H12N2O3S2/c23-17-13-6-1-2-7-14(13)27-19-16(17)20(24)22(11-12-5-3-9-25-12)18(21-19)15-8-4-10-26-15/h1-10H,11H2. The fourth-order valence-electron chi connectivity index (χ4n) is 3.08. The van der Waals surface area contributed by atoms with Crippen molar-refractivity contribution in [3.63, 3.8) is 0 Å². The van der Waals surface area contributed by atoms with Crippen LogP contribution in [0.4, 0.5) is 0 Å². The van der Waals surface area contributed by atoms with Gasteiger partial charge < -0.3 is 4.42 Å². The summed E-state index contributed by atoms with van der Waals surface area (Å²) >= 11 is 2.87. The number of nitrogens with zero attached hydrogens (tertiary/aromatic N) is 2. The predicted molar refractivity (Wildman–Crippen MR) is 109 cm³/mol. The van der Waals surface area contributed by atoms with Gasteiger partial charge in [0.2, 0.25) is 5.43 Å². The van der Waals surface area contributed by atoms with Crippen molar-refractivity contribution in [3.8, 4) is 10.7 Å². The van der Waals surface area contributed by atoms with Crippen molar-refractivity contribution in [1.82, 2.24) is 9.55 Å². The van der Waals surface area contributed by atoms with Crippen LogP contribution in [0, 0.1) is 0 Å². The Morgan fingerprint density at radius 1 is 1.04 bits per heavy atom. The van der Waals surface area contributed by atoms with E-state index in [0.717, 1.165) is 9.58 Å². The number of rotatable bonds is 3. The Balaban J connectivity index is 1.90. The number of furan rings is 1. The third-order valence-electron chi connectivity index (χ3n) is 4.34. The summed E-state index contributed by atoms with van der Waals surface area (Å²) in [6, 6.07) is 14.7. The summed E-state index contributed by atoms with van der Waals surface area (Å²) in [4.78, 5) is 32.4. The highest BCUT2D eigenvalue weighted by molar-refractivity contribution is 7.24. The van der Waals surface area contributed by atoms with Gasteiger partial charge in [-0.2, -0.15) is 0 Å². The second-order valence-corrected chi connectivity index (χ2v) is 7.97. The van der Waals surface area contributed by atoms with E-state index in [0.29, 0.717) is 21.8 Å². The van der Waals surface area contributed by atoms with Crippen LogP contribution in [0.15, 0.2) is 74.2 Å². The van der Waals surface area contributed by atoms with Crippen molar-refractivity contribution < 1.29 is 4.42 Å². The smallest absolute Gasteiger partial charge is 0.266 e. The summed E-state index contributed by atoms with van der Waals surface area (Å²) in [7, 11) is 0. The van der Waals surface area contributed by atoms with Gasteiger partial charge in [-0.3, -0.25) is 14.2 Å². The fourth-order valence-corrected chi connectivity index (χ4v) is 4.85. The van der Waals surface area contributed by atoms with Gasteiger partial charge in [0.15, 0.2) is 5.82 Å². The quantitative estimate of drug-likeness (QED) is 0.429. The first-order valence-electron chi connectivity index (χ1n) is 8.25. The minimum atomic E-state index is -0.341. The molecule has 0 saturated carbocycles. The second kappa shape index (κ2) is 6.29. The molecular weight excluding hydrogens is 380 g/mol. The first-order chi connectivity index (χ1) is 13.2. The molecule has 132 valence electrons. The highest BCUT2D eigenvalue weighted by atomic mass is 32.1. The number of thiophene rings is 1. The monoisotopic (exact) mass is 392 g/mol. The fraction of sp³-hybridized carbons (Fsp3) is 0.0500. The molecular formula is C20H12N2O3S2. The van der Waals surface area contributed by atoms with Gasteiger partial charge in [-0.05, 0) is 35.7 Å². The van der Waals surface area contributed by atoms with E-state index in [9.17, 15) is 9.59 Å². The molecule has 0 fully saturated rings. The van der Waals surface area contributed by atoms with Crippen LogP contribution in [-0.4, -0.2) is 9.55 Å². The van der Waals surface area contributed by atoms with Gasteiger partial charge in [0.05, 0.1) is 17.7 Å². The van der Waals surface area contributed by atoms with Gasteiger partial charge in [0.1, 0.15) is 16.0 Å². The van der Waals surface area contributed by atoms with Crippen LogP contribution in [0.2, 0.25) is 0 Å². The highest BCUT2D eigenvalue weighted by Crippen LogP contribution is 2.27. The molecule has 0 bridgehead atoms. The number of hydrogen-bond acceptors (Lipinski definition) is 6. The Labute approximate surface area is 160 Å². The van der Waals surface area contributed by atoms with Gasteiger partial charge in [0, 0.05) is 10.1 Å². The van der Waals surface area contributed by atoms with E-state index in [1.165, 1.54) is 27.2 Å². The van der Waals surface area contributed by atoms with Crippen LogP contribution in [0.1, 0.15) is 5.76 Å². The summed E-state index contributed by atoms with van der Waals surface area (Å²) in [5, 5.41) is 2.61. The maximum absolute atomic E-state index is 13.3. The normalized spacial score (nSPS) is 11.4. The molecule has 0 aliphatic carbocycles. The zero-order chi connectivity index (χ0) is 18.4. The SMILES string of the molecule is O=c1c2ccccc2sc2nc(-c3cccs3)n(Cc3ccco3)c(=O)c12. The van der Waals surface area contributed by atoms with Crippen LogP contribution < -0.4 is 11.0 Å². The maximum atomic E-state index is 13.3. The van der Waals surface area contributed by atoms with Crippen molar-refractivity contribution in [1.29, 1.82) is 0 Å². The molecule has 0 saturated heterocycles. The minimum Gasteiger partial charge on any atom is -0.467 e. The average molecular weight is 392 g/mol. The van der Waals surface area contributed by atoms with E-state index < -0.39 is 0 Å². The Hall–Kier alpha value is -3.03. The second-order valence-electron chi connectivity index (χ2n) is 5.99. The molecule has 0 amide bonds. The molecule has 0 spiro atoms. The molecule has 7 heteroatoms. The third kappa shape index (κ3) is 2.63. The minimum absolute atomic E-state index is 0.130. The number of hydrogen-bond donors (Lipinski definition) is 0. The molecule has 0 atom stereocenters. The Kier molecular flexibility index (Phi) is 3.77. The van der Waals surface area contributed by atoms with Crippen molar-refractivity contribution in [2.75, 3.05) is 0 Å². The van der Waals surface area contributed by atoms with E-state index in [2.05, 4.69) is 0 Å². The lowest BCUT2D eigenvalue weighted by Crippen LogP contribution is -2.27. The molecule has 4 aromatic heterocycles. The van der Waals surface area contributed by atoms with Gasteiger partial charge in [-0.1, -0.05) is 18.2 Å². The molecule has 0 N–H and O–H groups in total. The van der Waals surface area contributed by atoms with Crippen LogP contribution in [0.5, 0.6) is 0 Å². The van der Waals surface area contributed by atoms with Crippen molar-refractivity contribution in [2.45, 2.75) is 6.54 Å². The first-order valence-corrected chi connectivity index (χ1v) is 9.94. The van der Waals surface area contributed by atoms with Crippen molar-refractivity contribution in [2.24, 2.45) is 0 Å². The molecule has 0 radical (unpaired) electrons. The van der Waals surface area contributed by atoms with Gasteiger partial charge in [-0.15, -0.1) is 22.7 Å². The highest BCUT2D eigenvalue weighted by Gasteiger charge is 2.18. The van der Waals surface area contributed by atoms with Crippen molar-refractivity contribution >= 4 is 43.0 Å². The predicted octanol–water partition coefficient (Wildman–Crippen LogP) is 4.34. The number of benzene rings is 1. The van der Waals surface area contributed by atoms with Crippen LogP contribution >= 0.6 is 22.7 Å². The summed E-state index contributed by atoms with van der Waals surface area (Å²) in [5.41, 5.74) is -0.616. The van der Waals surface area contributed by atoms with E-state index in [-0.39, 0.29) is 22.9 Å². The summed E-state index contributed by atoms with van der Waals surface area (Å²) in [6.45, 7) is 0.221. The van der Waals surface area contributed by atoms with E-state index in [1.807, 2.05) is 29.6 Å². The topological polar surface area (TPSA) is 65.1 Å². The first kappa shape index (κ1) is 16.2. The van der Waals surface area contributed by atoms with Crippen LogP contribution in [0.25, 0.3) is 31.0 Å². The van der Waals surface area contributed by atoms with E-state index >= 15 is 0 Å². The Morgan fingerprint density at radius 2 is 1.93 bits per heavy atom. The molecule has 5 aromatic rings. The number of fused-ring (bicyclic) bond motifs is 2. The Morgan fingerprint density at radius 3 is 2.70 bits per heavy atom. The Bertz CT molecular complexity index is 1380. The molecule has 5 rings (SSSR count). The summed E-state index contributed by atoms with van der Waals surface area (Å²) in [5.74, 6) is 1.18. The third-order valence-corrected chi connectivity index (χ3v) is 6.27. The van der Waals surface area contributed by atoms with Gasteiger partial charge in [0.25, 0.3) is 5.56 Å². The zero-order valence-electron chi connectivity index (χ0n) is 13.9. The van der Waals surface area contributed by atoms with Crippen LogP contribution in [0.3, 0.4) is 0 Å². The lowest BCUT2D eigenvalue weighted by Gasteiger charge is -2.11. The lowest BCUT2D eigenvalue weighted by atomic mass is 10.2. The zero-order valence-corrected chi connectivity index (χ0v) is 15.5. The van der Waals surface area contributed by atoms with Gasteiger partial charge >= 0.3 is 0 Å². The molecule has 0 aliphatic heterocycles. The molecule has 5 nitrogen and oxygen atoms in total. The summed E-state index contributed by atoms with van der Waals surface area (Å²) < 4.78 is 7.76. The maximum Gasteiger partial charge on any atom is 0.266 e. The molecule has 4 heterocycles. The summed E-state index contributed by atoms with van der Waals surface area (Å²) in [6.07, 6.45) is 1.56.